The maximum absolute atomic E-state index is 14.4. The number of H-pyrrole nitrogens is 1. The Morgan fingerprint density at radius 3 is 2.64 bits per heavy atom. The highest BCUT2D eigenvalue weighted by Gasteiger charge is 2.26. The topological polar surface area (TPSA) is 73.9 Å². The molecule has 0 radical (unpaired) electrons. The van der Waals surface area contributed by atoms with Gasteiger partial charge in [-0.2, -0.15) is 5.10 Å². The summed E-state index contributed by atoms with van der Waals surface area (Å²) < 4.78 is 14.4. The van der Waals surface area contributed by atoms with Crippen molar-refractivity contribution in [1.82, 2.24) is 25.4 Å². The Morgan fingerprint density at radius 1 is 1.14 bits per heavy atom. The number of carbonyl (C=O) groups is 1. The van der Waals surface area contributed by atoms with Gasteiger partial charge in [0, 0.05) is 17.7 Å². The number of hydrogen-bond acceptors (Lipinski definition) is 4. The summed E-state index contributed by atoms with van der Waals surface area (Å²) in [4.78, 5) is 19.3. The first kappa shape index (κ1) is 18.3. The molecule has 3 aromatic rings. The number of benzene rings is 2. The Labute approximate surface area is 162 Å². The van der Waals surface area contributed by atoms with Gasteiger partial charge in [0.1, 0.15) is 12.1 Å². The minimum atomic E-state index is -0.240. The number of nitrogens with one attached hydrogen (secondary N) is 2. The van der Waals surface area contributed by atoms with Gasteiger partial charge in [-0.15, -0.1) is 0 Å². The van der Waals surface area contributed by atoms with Gasteiger partial charge >= 0.3 is 0 Å². The van der Waals surface area contributed by atoms with Gasteiger partial charge in [-0.1, -0.05) is 36.4 Å². The van der Waals surface area contributed by atoms with Gasteiger partial charge in [0.25, 0.3) is 5.91 Å². The molecule has 7 heteroatoms. The maximum atomic E-state index is 14.4. The number of rotatable bonds is 6. The molecule has 0 saturated carbocycles. The van der Waals surface area contributed by atoms with Crippen molar-refractivity contribution in [2.45, 2.75) is 18.9 Å². The van der Waals surface area contributed by atoms with Gasteiger partial charge in [-0.05, 0) is 38.1 Å². The third-order valence-electron chi connectivity index (χ3n) is 5.14. The second-order valence-electron chi connectivity index (χ2n) is 6.87. The van der Waals surface area contributed by atoms with Crippen LogP contribution in [0.3, 0.4) is 0 Å². The van der Waals surface area contributed by atoms with Gasteiger partial charge in [-0.3, -0.25) is 14.8 Å². The molecule has 1 saturated heterocycles. The van der Waals surface area contributed by atoms with Crippen LogP contribution in [0.2, 0.25) is 0 Å². The minimum absolute atomic E-state index is 0.190. The average molecular weight is 379 g/mol. The summed E-state index contributed by atoms with van der Waals surface area (Å²) >= 11 is 0. The van der Waals surface area contributed by atoms with Crippen LogP contribution in [0.5, 0.6) is 0 Å². The maximum Gasteiger partial charge on any atom is 0.252 e. The van der Waals surface area contributed by atoms with Crippen molar-refractivity contribution < 1.29 is 9.18 Å². The molecule has 1 amide bonds. The van der Waals surface area contributed by atoms with Crippen LogP contribution in [-0.4, -0.2) is 45.6 Å². The molecule has 4 rings (SSSR count). The van der Waals surface area contributed by atoms with E-state index in [-0.39, 0.29) is 17.8 Å². The van der Waals surface area contributed by atoms with E-state index in [1.807, 2.05) is 24.3 Å². The fourth-order valence-electron chi connectivity index (χ4n) is 3.74. The van der Waals surface area contributed by atoms with E-state index in [2.05, 4.69) is 25.4 Å². The predicted molar refractivity (Wildman–Crippen MR) is 104 cm³/mol. The molecule has 2 aromatic carbocycles. The van der Waals surface area contributed by atoms with Crippen molar-refractivity contribution in [1.29, 1.82) is 0 Å². The SMILES string of the molecule is O=C(NCC(c1ccccc1F)N1CCCC1)c1ccccc1-c1ncn[nH]1. The van der Waals surface area contributed by atoms with Crippen molar-refractivity contribution >= 4 is 5.91 Å². The summed E-state index contributed by atoms with van der Waals surface area (Å²) in [7, 11) is 0. The smallest absolute Gasteiger partial charge is 0.252 e. The first-order valence-corrected chi connectivity index (χ1v) is 9.45. The second kappa shape index (κ2) is 8.31. The molecular formula is C21H22FN5O. The lowest BCUT2D eigenvalue weighted by atomic mass is 10.0. The van der Waals surface area contributed by atoms with E-state index in [0.29, 0.717) is 29.1 Å². The number of aromatic amines is 1. The molecular weight excluding hydrogens is 357 g/mol. The van der Waals surface area contributed by atoms with E-state index in [1.165, 1.54) is 12.4 Å². The molecule has 1 atom stereocenters. The summed E-state index contributed by atoms with van der Waals surface area (Å²) in [5, 5.41) is 9.65. The highest BCUT2D eigenvalue weighted by Crippen LogP contribution is 2.27. The van der Waals surface area contributed by atoms with Crippen LogP contribution in [-0.2, 0) is 0 Å². The third kappa shape index (κ3) is 3.80. The van der Waals surface area contributed by atoms with Crippen molar-refractivity contribution in [2.75, 3.05) is 19.6 Å². The van der Waals surface area contributed by atoms with Gasteiger partial charge < -0.3 is 5.32 Å². The zero-order chi connectivity index (χ0) is 19.3. The van der Waals surface area contributed by atoms with E-state index in [0.717, 1.165) is 25.9 Å². The first-order valence-electron chi connectivity index (χ1n) is 9.45. The highest BCUT2D eigenvalue weighted by atomic mass is 19.1. The highest BCUT2D eigenvalue weighted by molar-refractivity contribution is 6.00. The fraction of sp³-hybridized carbons (Fsp3) is 0.286. The molecule has 1 aromatic heterocycles. The number of nitrogens with zero attached hydrogens (tertiary/aromatic N) is 3. The third-order valence-corrected chi connectivity index (χ3v) is 5.14. The predicted octanol–water partition coefficient (Wildman–Crippen LogP) is 3.18. The molecule has 144 valence electrons. The van der Waals surface area contributed by atoms with Gasteiger partial charge in [0.2, 0.25) is 0 Å². The van der Waals surface area contributed by atoms with Crippen LogP contribution in [0, 0.1) is 5.82 Å². The Kier molecular flexibility index (Phi) is 5.43. The molecule has 0 bridgehead atoms. The van der Waals surface area contributed by atoms with E-state index >= 15 is 0 Å². The largest absolute Gasteiger partial charge is 0.350 e. The van der Waals surface area contributed by atoms with Crippen LogP contribution >= 0.6 is 0 Å². The Balaban J connectivity index is 1.55. The van der Waals surface area contributed by atoms with Crippen LogP contribution in [0.1, 0.15) is 34.8 Å². The van der Waals surface area contributed by atoms with Gasteiger partial charge in [0.05, 0.1) is 11.6 Å². The van der Waals surface area contributed by atoms with E-state index in [1.54, 1.807) is 18.2 Å². The summed E-state index contributed by atoms with van der Waals surface area (Å²) in [6, 6.07) is 13.8. The summed E-state index contributed by atoms with van der Waals surface area (Å²) in [5.41, 5.74) is 1.81. The monoisotopic (exact) mass is 379 g/mol. The lowest BCUT2D eigenvalue weighted by Crippen LogP contribution is -2.37. The number of hydrogen-bond donors (Lipinski definition) is 2. The number of carbonyl (C=O) groups excluding carboxylic acids is 1. The number of likely N-dealkylation sites (tertiary alicyclic amines) is 1. The number of halogens is 1. The molecule has 1 aliphatic heterocycles. The van der Waals surface area contributed by atoms with Crippen molar-refractivity contribution in [2.24, 2.45) is 0 Å². The van der Waals surface area contributed by atoms with Crippen LogP contribution in [0.15, 0.2) is 54.9 Å². The zero-order valence-corrected chi connectivity index (χ0v) is 15.4. The molecule has 6 nitrogen and oxygen atoms in total. The van der Waals surface area contributed by atoms with Crippen LogP contribution in [0.25, 0.3) is 11.4 Å². The lowest BCUT2D eigenvalue weighted by Gasteiger charge is -2.28. The minimum Gasteiger partial charge on any atom is -0.350 e. The molecule has 0 aliphatic carbocycles. The van der Waals surface area contributed by atoms with Gasteiger partial charge in [0.15, 0.2) is 5.82 Å². The Hall–Kier alpha value is -3.06. The average Bonchev–Trinajstić information content (AvgIpc) is 3.44. The molecule has 0 spiro atoms. The Morgan fingerprint density at radius 2 is 1.89 bits per heavy atom. The van der Waals surface area contributed by atoms with Crippen molar-refractivity contribution in [3.8, 4) is 11.4 Å². The molecule has 2 N–H and O–H groups in total. The summed E-state index contributed by atoms with van der Waals surface area (Å²) in [6.07, 6.45) is 3.59. The molecule has 1 fully saturated rings. The fourth-order valence-corrected chi connectivity index (χ4v) is 3.74. The second-order valence-corrected chi connectivity index (χ2v) is 6.87. The van der Waals surface area contributed by atoms with Gasteiger partial charge in [-0.25, -0.2) is 9.37 Å². The van der Waals surface area contributed by atoms with Crippen LogP contribution in [0.4, 0.5) is 4.39 Å². The molecule has 1 unspecified atom stereocenters. The summed E-state index contributed by atoms with van der Waals surface area (Å²) in [6.45, 7) is 2.15. The normalized spacial score (nSPS) is 15.5. The zero-order valence-electron chi connectivity index (χ0n) is 15.4. The van der Waals surface area contributed by atoms with E-state index < -0.39 is 0 Å². The Bertz CT molecular complexity index is 937. The van der Waals surface area contributed by atoms with Crippen LogP contribution < -0.4 is 5.32 Å². The quantitative estimate of drug-likeness (QED) is 0.690. The van der Waals surface area contributed by atoms with E-state index in [4.69, 9.17) is 0 Å². The number of aromatic nitrogens is 3. The molecule has 1 aliphatic rings. The number of amides is 1. The lowest BCUT2D eigenvalue weighted by molar-refractivity contribution is 0.0937. The van der Waals surface area contributed by atoms with Crippen molar-refractivity contribution in [3.63, 3.8) is 0 Å². The molecule has 28 heavy (non-hydrogen) atoms. The van der Waals surface area contributed by atoms with Crippen molar-refractivity contribution in [3.05, 3.63) is 71.8 Å². The summed E-state index contributed by atoms with van der Waals surface area (Å²) in [5.74, 6) is 0.0826. The standard InChI is InChI=1S/C21H22FN5O/c22-18-10-4-3-9-17(18)19(27-11-5-6-12-27)13-23-21(28)16-8-2-1-7-15(16)20-24-14-25-26-20/h1-4,7-10,14,19H,5-6,11-13H2,(H,23,28)(H,24,25,26). The first-order chi connectivity index (χ1) is 13.7. The van der Waals surface area contributed by atoms with E-state index in [9.17, 15) is 9.18 Å². The molecule has 2 heterocycles.